The maximum atomic E-state index is 13.1. The highest BCUT2D eigenvalue weighted by Crippen LogP contribution is 2.68. The molecule has 0 aliphatic heterocycles. The maximum absolute atomic E-state index is 13.1. The van der Waals surface area contributed by atoms with Gasteiger partial charge in [-0.1, -0.05) is 39.2 Å². The summed E-state index contributed by atoms with van der Waals surface area (Å²) in [5, 5.41) is 9.85. The molecule has 0 amide bonds. The summed E-state index contributed by atoms with van der Waals surface area (Å²) in [5.74, 6) is 1.85. The average Bonchev–Trinajstić information content (AvgIpc) is 3.04. The summed E-state index contributed by atoms with van der Waals surface area (Å²) >= 11 is 0. The Morgan fingerprint density at radius 3 is 2.60 bits per heavy atom. The van der Waals surface area contributed by atoms with Gasteiger partial charge in [-0.2, -0.15) is 0 Å². The molecule has 4 rings (SSSR count). The minimum absolute atomic E-state index is 0.103. The monoisotopic (exact) mass is 416 g/mol. The van der Waals surface area contributed by atoms with Gasteiger partial charge >= 0.3 is 0 Å². The van der Waals surface area contributed by atoms with Crippen LogP contribution in [0.5, 0.6) is 0 Å². The quantitative estimate of drug-likeness (QED) is 0.592. The van der Waals surface area contributed by atoms with Gasteiger partial charge in [0.2, 0.25) is 0 Å². The molecular weight excluding hydrogens is 376 g/mol. The van der Waals surface area contributed by atoms with Crippen LogP contribution >= 0.6 is 0 Å². The van der Waals surface area contributed by atoms with Crippen molar-refractivity contribution in [3.05, 3.63) is 11.6 Å². The Kier molecular flexibility index (Phi) is 6.04. The van der Waals surface area contributed by atoms with Gasteiger partial charge in [-0.3, -0.25) is 9.59 Å². The molecule has 4 heteroatoms. The number of unbranched alkanes of at least 4 members (excludes halogenated alkanes) is 2. The lowest BCUT2D eigenvalue weighted by molar-refractivity contribution is -0.180. The average molecular weight is 417 g/mol. The number of carbonyl (C=O) groups excluding carboxylic acids is 2. The fraction of sp³-hybridized carbons (Fsp3) is 0.846. The number of carbonyl (C=O) groups is 2. The number of allylic oxidation sites excluding steroid dienone is 1. The second-order valence-electron chi connectivity index (χ2n) is 10.9. The molecule has 0 aromatic heterocycles. The number of hydrogen-bond donors (Lipinski definition) is 1. The molecule has 6 atom stereocenters. The topological polar surface area (TPSA) is 63.6 Å². The third kappa shape index (κ3) is 3.16. The first kappa shape index (κ1) is 22.2. The number of Topliss-reactive ketones (excluding diaryl/α,β-unsaturated/α-hetero) is 1. The summed E-state index contributed by atoms with van der Waals surface area (Å²) < 4.78 is 6.48. The van der Waals surface area contributed by atoms with Crippen molar-refractivity contribution in [2.24, 2.45) is 28.6 Å². The Morgan fingerprint density at radius 1 is 1.10 bits per heavy atom. The van der Waals surface area contributed by atoms with E-state index in [1.165, 1.54) is 5.57 Å². The lowest BCUT2D eigenvalue weighted by Crippen LogP contribution is -2.59. The minimum Gasteiger partial charge on any atom is -0.388 e. The number of aliphatic hydroxyl groups is 1. The van der Waals surface area contributed by atoms with Crippen LogP contribution in [0, 0.1) is 28.6 Å². The zero-order chi connectivity index (χ0) is 21.6. The molecule has 0 bridgehead atoms. The van der Waals surface area contributed by atoms with E-state index in [9.17, 15) is 14.7 Å². The van der Waals surface area contributed by atoms with E-state index in [0.29, 0.717) is 36.6 Å². The van der Waals surface area contributed by atoms with Crippen molar-refractivity contribution in [2.45, 2.75) is 97.0 Å². The predicted molar refractivity (Wildman–Crippen MR) is 117 cm³/mol. The van der Waals surface area contributed by atoms with E-state index < -0.39 is 12.2 Å². The Bertz CT molecular complexity index is 727. The van der Waals surface area contributed by atoms with E-state index in [0.717, 1.165) is 64.2 Å². The lowest BCUT2D eigenvalue weighted by Gasteiger charge is -2.59. The van der Waals surface area contributed by atoms with Crippen molar-refractivity contribution in [1.82, 2.24) is 0 Å². The number of rotatable bonds is 7. The van der Waals surface area contributed by atoms with E-state index in [-0.39, 0.29) is 16.6 Å². The molecule has 0 saturated heterocycles. The molecule has 168 valence electrons. The maximum Gasteiger partial charge on any atom is 0.190 e. The Hall–Kier alpha value is -1.00. The highest BCUT2D eigenvalue weighted by molar-refractivity contribution is 5.91. The molecule has 0 spiro atoms. The van der Waals surface area contributed by atoms with Crippen molar-refractivity contribution >= 4 is 11.6 Å². The van der Waals surface area contributed by atoms with Crippen LogP contribution in [-0.4, -0.2) is 35.5 Å². The molecule has 1 N–H and O–H groups in total. The highest BCUT2D eigenvalue weighted by atomic mass is 16.5. The van der Waals surface area contributed by atoms with Gasteiger partial charge < -0.3 is 9.84 Å². The highest BCUT2D eigenvalue weighted by Gasteiger charge is 2.67. The summed E-state index contributed by atoms with van der Waals surface area (Å²) in [5.41, 5.74) is 0.523. The number of ether oxygens (including phenoxy) is 1. The van der Waals surface area contributed by atoms with Crippen LogP contribution in [0.25, 0.3) is 0 Å². The normalized spacial score (nSPS) is 42.9. The number of hydrogen-bond acceptors (Lipinski definition) is 4. The van der Waals surface area contributed by atoms with Crippen molar-refractivity contribution in [1.29, 1.82) is 0 Å². The van der Waals surface area contributed by atoms with Gasteiger partial charge in [-0.15, -0.1) is 0 Å². The lowest BCUT2D eigenvalue weighted by atomic mass is 9.46. The van der Waals surface area contributed by atoms with Crippen LogP contribution in [-0.2, 0) is 14.3 Å². The van der Waals surface area contributed by atoms with E-state index in [1.807, 2.05) is 6.08 Å². The van der Waals surface area contributed by atoms with Crippen LogP contribution in [0.15, 0.2) is 11.6 Å². The Morgan fingerprint density at radius 2 is 1.87 bits per heavy atom. The smallest absolute Gasteiger partial charge is 0.190 e. The molecule has 4 nitrogen and oxygen atoms in total. The van der Waals surface area contributed by atoms with Crippen LogP contribution in [0.3, 0.4) is 0 Å². The van der Waals surface area contributed by atoms with Crippen LogP contribution in [0.2, 0.25) is 0 Å². The van der Waals surface area contributed by atoms with Gasteiger partial charge in [-0.25, -0.2) is 0 Å². The number of fused-ring (bicyclic) bond motifs is 5. The molecule has 0 aromatic carbocycles. The zero-order valence-electron chi connectivity index (χ0n) is 19.2. The summed E-state index contributed by atoms with van der Waals surface area (Å²) in [6.45, 7) is 7.05. The van der Waals surface area contributed by atoms with E-state index >= 15 is 0 Å². The predicted octanol–water partition coefficient (Wildman–Crippen LogP) is 5.03. The molecule has 0 heterocycles. The minimum atomic E-state index is -0.815. The van der Waals surface area contributed by atoms with E-state index in [1.54, 1.807) is 0 Å². The second-order valence-corrected chi connectivity index (χ2v) is 10.9. The third-order valence-corrected chi connectivity index (χ3v) is 9.77. The van der Waals surface area contributed by atoms with Crippen molar-refractivity contribution < 1.29 is 19.4 Å². The summed E-state index contributed by atoms with van der Waals surface area (Å²) in [7, 11) is 0. The van der Waals surface area contributed by atoms with Gasteiger partial charge in [0, 0.05) is 18.4 Å². The summed E-state index contributed by atoms with van der Waals surface area (Å²) in [4.78, 5) is 25.2. The van der Waals surface area contributed by atoms with Gasteiger partial charge in [0.1, 0.15) is 12.2 Å². The van der Waals surface area contributed by atoms with Crippen LogP contribution < -0.4 is 0 Å². The second kappa shape index (κ2) is 8.16. The third-order valence-electron chi connectivity index (χ3n) is 9.77. The zero-order valence-corrected chi connectivity index (χ0v) is 19.2. The van der Waals surface area contributed by atoms with E-state index in [2.05, 4.69) is 20.8 Å². The van der Waals surface area contributed by atoms with Gasteiger partial charge in [-0.05, 0) is 80.6 Å². The van der Waals surface area contributed by atoms with Crippen molar-refractivity contribution in [3.63, 3.8) is 0 Å². The SMILES string of the molecule is CCCCCO[C@]1(C(=O)CO)CC[C@H]2[C@@H]3CCC4=CC(=O)CC[C@]4(C)[C@H]3CC[C@@]21C. The fourth-order valence-electron chi connectivity index (χ4n) is 8.06. The first-order valence-corrected chi connectivity index (χ1v) is 12.3. The Balaban J connectivity index is 1.62. The fourth-order valence-corrected chi connectivity index (χ4v) is 8.06. The van der Waals surface area contributed by atoms with Crippen LogP contribution in [0.4, 0.5) is 0 Å². The largest absolute Gasteiger partial charge is 0.388 e. The number of ketones is 2. The molecule has 0 aromatic rings. The molecule has 3 saturated carbocycles. The Labute approximate surface area is 181 Å². The van der Waals surface area contributed by atoms with Gasteiger partial charge in [0.15, 0.2) is 11.6 Å². The van der Waals surface area contributed by atoms with Crippen LogP contribution in [0.1, 0.15) is 91.4 Å². The van der Waals surface area contributed by atoms with E-state index in [4.69, 9.17) is 4.74 Å². The van der Waals surface area contributed by atoms with Crippen molar-refractivity contribution in [2.75, 3.05) is 13.2 Å². The molecule has 0 unspecified atom stereocenters. The standard InChI is InChI=1S/C26H40O4/c1-4-5-6-15-30-26(23(29)17-27)14-11-22-20-8-7-18-16-19(28)9-12-24(18,2)21(20)10-13-25(22,26)3/h16,20-22,27H,4-15,17H2,1-3H3/t20-,21+,22+,24+,25+,26+/m1/s1. The van der Waals surface area contributed by atoms with Crippen molar-refractivity contribution in [3.8, 4) is 0 Å². The number of aliphatic hydroxyl groups excluding tert-OH is 1. The first-order chi connectivity index (χ1) is 14.3. The molecule has 3 fully saturated rings. The molecule has 4 aliphatic rings. The summed E-state index contributed by atoms with van der Waals surface area (Å²) in [6, 6.07) is 0. The van der Waals surface area contributed by atoms with Gasteiger partial charge in [0.25, 0.3) is 0 Å². The summed E-state index contributed by atoms with van der Waals surface area (Å²) in [6.07, 6.45) is 12.8. The first-order valence-electron chi connectivity index (χ1n) is 12.3. The molecule has 4 aliphatic carbocycles. The van der Waals surface area contributed by atoms with Gasteiger partial charge in [0.05, 0.1) is 0 Å². The molecule has 30 heavy (non-hydrogen) atoms. The molecule has 0 radical (unpaired) electrons. The molecular formula is C26H40O4.